The minimum atomic E-state index is -0.124. The lowest BCUT2D eigenvalue weighted by Crippen LogP contribution is -2.14. The Bertz CT molecular complexity index is 1110. The highest BCUT2D eigenvalue weighted by atomic mass is 35.5. The van der Waals surface area contributed by atoms with Crippen LogP contribution >= 0.6 is 46.0 Å². The number of nitrogens with one attached hydrogen (secondary N) is 1. The molecule has 3 aromatic heterocycles. The topological polar surface area (TPSA) is 72.7 Å². The van der Waals surface area contributed by atoms with Crippen molar-refractivity contribution in [3.8, 4) is 22.0 Å². The van der Waals surface area contributed by atoms with Crippen LogP contribution in [0.5, 0.6) is 0 Å². The fraction of sp³-hybridized carbons (Fsp3) is 0.158. The first-order valence-corrected chi connectivity index (χ1v) is 11.9. The first-order chi connectivity index (χ1) is 14.1. The average Bonchev–Trinajstić information content (AvgIpc) is 3.47. The molecule has 148 valence electrons. The van der Waals surface area contributed by atoms with E-state index in [1.807, 2.05) is 58.6 Å². The van der Waals surface area contributed by atoms with Crippen molar-refractivity contribution in [3.63, 3.8) is 0 Å². The number of nitrogens with zero attached hydrogens (tertiary/aromatic N) is 4. The van der Waals surface area contributed by atoms with Crippen LogP contribution in [0.1, 0.15) is 6.92 Å². The number of amides is 1. The molecule has 6 nitrogen and oxygen atoms in total. The number of hydrogen-bond donors (Lipinski definition) is 1. The monoisotopic (exact) mass is 461 g/mol. The number of thioether (sulfide) groups is 1. The molecular formula is C19H16ClN5OS3. The van der Waals surface area contributed by atoms with E-state index >= 15 is 0 Å². The molecule has 0 atom stereocenters. The second-order valence-electron chi connectivity index (χ2n) is 5.91. The third-order valence-corrected chi connectivity index (χ3v) is 6.86. The van der Waals surface area contributed by atoms with Crippen LogP contribution in [0.4, 0.5) is 5.13 Å². The zero-order chi connectivity index (χ0) is 20.2. The maximum absolute atomic E-state index is 12.4. The van der Waals surface area contributed by atoms with Crippen LogP contribution in [0.15, 0.2) is 52.3 Å². The van der Waals surface area contributed by atoms with Gasteiger partial charge in [0.1, 0.15) is 0 Å². The Morgan fingerprint density at radius 2 is 2.03 bits per heavy atom. The fourth-order valence-electron chi connectivity index (χ4n) is 2.65. The van der Waals surface area contributed by atoms with E-state index in [0.29, 0.717) is 21.9 Å². The Kier molecular flexibility index (Phi) is 6.29. The van der Waals surface area contributed by atoms with E-state index in [1.165, 1.54) is 23.1 Å². The molecular weight excluding hydrogens is 446 g/mol. The van der Waals surface area contributed by atoms with Gasteiger partial charge in [0.25, 0.3) is 0 Å². The molecule has 0 spiro atoms. The van der Waals surface area contributed by atoms with Crippen LogP contribution in [-0.4, -0.2) is 31.4 Å². The van der Waals surface area contributed by atoms with Crippen molar-refractivity contribution in [2.45, 2.75) is 18.6 Å². The zero-order valence-corrected chi connectivity index (χ0v) is 18.5. The SMILES string of the molecule is CCn1c(SCC(=O)Nc2nc(-c3cccs3)cs2)nnc1-c1ccc(Cl)cc1. The number of benzene rings is 1. The highest BCUT2D eigenvalue weighted by Crippen LogP contribution is 2.29. The zero-order valence-electron chi connectivity index (χ0n) is 15.3. The molecule has 0 aliphatic carbocycles. The molecule has 29 heavy (non-hydrogen) atoms. The van der Waals surface area contributed by atoms with Gasteiger partial charge >= 0.3 is 0 Å². The summed E-state index contributed by atoms with van der Waals surface area (Å²) in [6.07, 6.45) is 0. The molecule has 3 heterocycles. The second kappa shape index (κ2) is 9.08. The summed E-state index contributed by atoms with van der Waals surface area (Å²) in [4.78, 5) is 17.9. The second-order valence-corrected chi connectivity index (χ2v) is 9.09. The number of anilines is 1. The van der Waals surface area contributed by atoms with Crippen LogP contribution in [0.2, 0.25) is 5.02 Å². The molecule has 0 saturated carbocycles. The molecule has 4 rings (SSSR count). The summed E-state index contributed by atoms with van der Waals surface area (Å²) in [7, 11) is 0. The summed E-state index contributed by atoms with van der Waals surface area (Å²) in [5, 5.41) is 17.3. The summed E-state index contributed by atoms with van der Waals surface area (Å²) >= 11 is 10.4. The molecule has 10 heteroatoms. The Labute approximate surface area is 185 Å². The van der Waals surface area contributed by atoms with Gasteiger partial charge in [0.15, 0.2) is 16.1 Å². The molecule has 0 unspecified atom stereocenters. The first-order valence-electron chi connectivity index (χ1n) is 8.75. The Hall–Kier alpha value is -2.20. The van der Waals surface area contributed by atoms with Gasteiger partial charge in [-0.25, -0.2) is 4.98 Å². The summed E-state index contributed by atoms with van der Waals surface area (Å²) in [6.45, 7) is 2.72. The average molecular weight is 462 g/mol. The predicted molar refractivity (Wildman–Crippen MR) is 121 cm³/mol. The molecule has 0 bridgehead atoms. The van der Waals surface area contributed by atoms with E-state index in [4.69, 9.17) is 11.6 Å². The molecule has 0 radical (unpaired) electrons. The van der Waals surface area contributed by atoms with Crippen molar-refractivity contribution in [2.24, 2.45) is 0 Å². The number of carbonyl (C=O) groups excluding carboxylic acids is 1. The van der Waals surface area contributed by atoms with Gasteiger partial charge in [-0.2, -0.15) is 0 Å². The van der Waals surface area contributed by atoms with Gasteiger partial charge < -0.3 is 9.88 Å². The highest BCUT2D eigenvalue weighted by molar-refractivity contribution is 7.99. The van der Waals surface area contributed by atoms with Crippen LogP contribution in [0.25, 0.3) is 22.0 Å². The molecule has 1 amide bonds. The van der Waals surface area contributed by atoms with Crippen LogP contribution in [-0.2, 0) is 11.3 Å². The molecule has 0 aliphatic rings. The largest absolute Gasteiger partial charge is 0.302 e. The van der Waals surface area contributed by atoms with Gasteiger partial charge in [0.2, 0.25) is 5.91 Å². The Balaban J connectivity index is 1.40. The summed E-state index contributed by atoms with van der Waals surface area (Å²) in [5.74, 6) is 0.862. The van der Waals surface area contributed by atoms with E-state index in [2.05, 4.69) is 20.5 Å². The van der Waals surface area contributed by atoms with Crippen LogP contribution in [0, 0.1) is 0 Å². The van der Waals surface area contributed by atoms with E-state index in [1.54, 1.807) is 11.3 Å². The van der Waals surface area contributed by atoms with E-state index in [0.717, 1.165) is 22.0 Å². The molecule has 4 aromatic rings. The maximum Gasteiger partial charge on any atom is 0.236 e. The van der Waals surface area contributed by atoms with Crippen molar-refractivity contribution >= 4 is 57.1 Å². The van der Waals surface area contributed by atoms with E-state index in [9.17, 15) is 4.79 Å². The van der Waals surface area contributed by atoms with Crippen LogP contribution < -0.4 is 5.32 Å². The normalized spacial score (nSPS) is 11.0. The number of rotatable bonds is 7. The number of hydrogen-bond acceptors (Lipinski definition) is 7. The van der Waals surface area contributed by atoms with Crippen molar-refractivity contribution in [2.75, 3.05) is 11.1 Å². The van der Waals surface area contributed by atoms with Crippen molar-refractivity contribution in [1.29, 1.82) is 0 Å². The van der Waals surface area contributed by atoms with Crippen LogP contribution in [0.3, 0.4) is 0 Å². The number of aromatic nitrogens is 4. The lowest BCUT2D eigenvalue weighted by molar-refractivity contribution is -0.113. The van der Waals surface area contributed by atoms with Crippen molar-refractivity contribution in [1.82, 2.24) is 19.7 Å². The Morgan fingerprint density at radius 1 is 1.21 bits per heavy atom. The highest BCUT2D eigenvalue weighted by Gasteiger charge is 2.15. The number of thiophene rings is 1. The maximum atomic E-state index is 12.4. The molecule has 0 fully saturated rings. The van der Waals surface area contributed by atoms with Crippen molar-refractivity contribution in [3.05, 3.63) is 52.2 Å². The number of thiazole rings is 1. The van der Waals surface area contributed by atoms with Gasteiger partial charge in [0, 0.05) is 22.5 Å². The molecule has 0 saturated heterocycles. The fourth-order valence-corrected chi connectivity index (χ4v) is 5.06. The molecule has 1 N–H and O–H groups in total. The number of halogens is 1. The summed E-state index contributed by atoms with van der Waals surface area (Å²) in [5.41, 5.74) is 1.82. The van der Waals surface area contributed by atoms with Gasteiger partial charge in [0.05, 0.1) is 16.3 Å². The van der Waals surface area contributed by atoms with Gasteiger partial charge in [-0.3, -0.25) is 4.79 Å². The minimum absolute atomic E-state index is 0.124. The third kappa shape index (κ3) is 4.69. The lowest BCUT2D eigenvalue weighted by Gasteiger charge is -2.07. The van der Waals surface area contributed by atoms with E-state index < -0.39 is 0 Å². The first kappa shape index (κ1) is 20.1. The third-order valence-electron chi connectivity index (χ3n) is 3.99. The van der Waals surface area contributed by atoms with Gasteiger partial charge in [-0.1, -0.05) is 29.4 Å². The smallest absolute Gasteiger partial charge is 0.236 e. The molecule has 0 aliphatic heterocycles. The standard InChI is InChI=1S/C19H16ClN5OS3/c1-2-25-17(12-5-7-13(20)8-6-12)23-24-19(25)29-11-16(26)22-18-21-14(10-28-18)15-4-3-9-27-15/h3-10H,2,11H2,1H3,(H,21,22,26). The minimum Gasteiger partial charge on any atom is -0.302 e. The van der Waals surface area contributed by atoms with E-state index in [-0.39, 0.29) is 11.7 Å². The summed E-state index contributed by atoms with van der Waals surface area (Å²) in [6, 6.07) is 11.5. The van der Waals surface area contributed by atoms with Gasteiger partial charge in [-0.15, -0.1) is 32.9 Å². The Morgan fingerprint density at radius 3 is 2.76 bits per heavy atom. The van der Waals surface area contributed by atoms with Gasteiger partial charge in [-0.05, 0) is 42.6 Å². The lowest BCUT2D eigenvalue weighted by atomic mass is 10.2. The summed E-state index contributed by atoms with van der Waals surface area (Å²) < 4.78 is 1.99. The number of carbonyl (C=O) groups is 1. The quantitative estimate of drug-likeness (QED) is 0.366. The molecule has 1 aromatic carbocycles. The van der Waals surface area contributed by atoms with Crippen molar-refractivity contribution < 1.29 is 4.79 Å². The predicted octanol–water partition coefficient (Wildman–Crippen LogP) is 5.53.